The number of hydrogen-bond donors (Lipinski definition) is 1. The summed E-state index contributed by atoms with van der Waals surface area (Å²) in [7, 11) is 0. The average molecular weight is 544 g/mol. The molecule has 9 heteroatoms. The van der Waals surface area contributed by atoms with E-state index < -0.39 is 17.1 Å². The molecule has 2 fully saturated rings. The Bertz CT molecular complexity index is 1400. The van der Waals surface area contributed by atoms with Gasteiger partial charge in [-0.05, 0) is 60.2 Å². The van der Waals surface area contributed by atoms with Gasteiger partial charge in [0, 0.05) is 13.1 Å². The number of ether oxygens (including phenoxy) is 2. The van der Waals surface area contributed by atoms with Crippen molar-refractivity contribution in [2.75, 3.05) is 43.1 Å². The summed E-state index contributed by atoms with van der Waals surface area (Å²) in [5, 5.41) is 2.39. The maximum atomic E-state index is 13.0. The third-order valence-electron chi connectivity index (χ3n) is 6.37. The van der Waals surface area contributed by atoms with Crippen molar-refractivity contribution >= 4 is 46.3 Å². The summed E-state index contributed by atoms with van der Waals surface area (Å²) >= 11 is 0.829. The lowest BCUT2D eigenvalue weighted by molar-refractivity contribution is -0.127. The number of benzene rings is 3. The molecular weight excluding hydrogens is 514 g/mol. The molecule has 3 aromatic carbocycles. The first kappa shape index (κ1) is 26.5. The number of morpholine rings is 1. The van der Waals surface area contributed by atoms with Crippen LogP contribution in [0.2, 0.25) is 0 Å². The summed E-state index contributed by atoms with van der Waals surface area (Å²) in [4.78, 5) is 41.8. The van der Waals surface area contributed by atoms with Crippen LogP contribution in [0.25, 0.3) is 6.08 Å². The number of para-hydroxylation sites is 2. The monoisotopic (exact) mass is 543 g/mol. The fraction of sp³-hybridized carbons (Fsp3) is 0.233. The van der Waals surface area contributed by atoms with E-state index >= 15 is 0 Å². The van der Waals surface area contributed by atoms with Gasteiger partial charge in [-0.15, -0.1) is 0 Å². The van der Waals surface area contributed by atoms with Crippen LogP contribution >= 0.6 is 11.8 Å². The third kappa shape index (κ3) is 6.68. The van der Waals surface area contributed by atoms with Crippen LogP contribution in [0.15, 0.2) is 77.7 Å². The van der Waals surface area contributed by atoms with Gasteiger partial charge in [-0.1, -0.05) is 54.1 Å². The topological polar surface area (TPSA) is 88.2 Å². The van der Waals surface area contributed by atoms with E-state index in [-0.39, 0.29) is 11.4 Å². The molecule has 3 amide bonds. The Morgan fingerprint density at radius 2 is 1.79 bits per heavy atom. The first-order chi connectivity index (χ1) is 19.0. The van der Waals surface area contributed by atoms with E-state index in [1.54, 1.807) is 6.08 Å². The molecule has 200 valence electrons. The van der Waals surface area contributed by atoms with Gasteiger partial charge >= 0.3 is 0 Å². The van der Waals surface area contributed by atoms with E-state index in [0.717, 1.165) is 46.6 Å². The Morgan fingerprint density at radius 3 is 2.56 bits per heavy atom. The predicted molar refractivity (Wildman–Crippen MR) is 153 cm³/mol. The Hall–Kier alpha value is -4.08. The summed E-state index contributed by atoms with van der Waals surface area (Å²) in [6.45, 7) is 4.83. The molecule has 0 saturated carbocycles. The third-order valence-corrected chi connectivity index (χ3v) is 7.28. The van der Waals surface area contributed by atoms with Gasteiger partial charge in [0.25, 0.3) is 11.1 Å². The highest BCUT2D eigenvalue weighted by Gasteiger charge is 2.36. The van der Waals surface area contributed by atoms with Gasteiger partial charge in [0.2, 0.25) is 5.91 Å². The summed E-state index contributed by atoms with van der Waals surface area (Å²) in [6.07, 6.45) is 1.65. The highest BCUT2D eigenvalue weighted by atomic mass is 32.2. The number of aryl methyl sites for hydroxylation is 1. The summed E-state index contributed by atoms with van der Waals surface area (Å²) in [5.41, 5.74) is 4.54. The molecular formula is C30H29N3O5S. The number of carbonyl (C=O) groups excluding carboxylic acids is 3. The number of thioether (sulfide) groups is 1. The number of carbonyl (C=O) groups is 3. The standard InChI is InChI=1S/C30H29N3O5S/c1-21-5-4-6-23(17-21)20-38-24-11-9-22(10-12-24)18-27-29(35)33(30(36)39-27)19-28(34)31-25-7-2-3-8-26(25)32-13-15-37-16-14-32/h2-12,17-18H,13-16,19-20H2,1H3,(H,31,34)/b27-18+. The largest absolute Gasteiger partial charge is 0.489 e. The van der Waals surface area contributed by atoms with Crippen LogP contribution in [0, 0.1) is 6.92 Å². The summed E-state index contributed by atoms with van der Waals surface area (Å²) < 4.78 is 11.3. The molecule has 5 rings (SSSR count). The zero-order valence-corrected chi connectivity index (χ0v) is 22.4. The molecule has 0 atom stereocenters. The van der Waals surface area contributed by atoms with E-state index in [2.05, 4.69) is 16.3 Å². The van der Waals surface area contributed by atoms with Crippen LogP contribution < -0.4 is 15.0 Å². The lowest BCUT2D eigenvalue weighted by atomic mass is 10.1. The molecule has 2 aliphatic heterocycles. The van der Waals surface area contributed by atoms with Crippen LogP contribution in [0.4, 0.5) is 16.2 Å². The Labute approximate surface area is 231 Å². The average Bonchev–Trinajstić information content (AvgIpc) is 3.20. The van der Waals surface area contributed by atoms with Crippen molar-refractivity contribution in [3.05, 3.63) is 94.4 Å². The molecule has 0 radical (unpaired) electrons. The van der Waals surface area contributed by atoms with E-state index in [4.69, 9.17) is 9.47 Å². The normalized spacial score (nSPS) is 16.6. The molecule has 2 saturated heterocycles. The zero-order valence-electron chi connectivity index (χ0n) is 21.6. The minimum absolute atomic E-state index is 0.273. The van der Waals surface area contributed by atoms with Crippen molar-refractivity contribution in [3.8, 4) is 5.75 Å². The zero-order chi connectivity index (χ0) is 27.2. The van der Waals surface area contributed by atoms with E-state index in [9.17, 15) is 14.4 Å². The molecule has 0 unspecified atom stereocenters. The van der Waals surface area contributed by atoms with Gasteiger partial charge in [0.1, 0.15) is 18.9 Å². The maximum absolute atomic E-state index is 13.0. The second-order valence-electron chi connectivity index (χ2n) is 9.28. The number of nitrogens with one attached hydrogen (secondary N) is 1. The van der Waals surface area contributed by atoms with Crippen LogP contribution in [0.5, 0.6) is 5.75 Å². The first-order valence-corrected chi connectivity index (χ1v) is 13.5. The van der Waals surface area contributed by atoms with Crippen LogP contribution in [0.3, 0.4) is 0 Å². The second-order valence-corrected chi connectivity index (χ2v) is 10.3. The molecule has 0 spiro atoms. The molecule has 1 N–H and O–H groups in total. The molecule has 39 heavy (non-hydrogen) atoms. The van der Waals surface area contributed by atoms with Crippen molar-refractivity contribution in [2.24, 2.45) is 0 Å². The van der Waals surface area contributed by atoms with Crippen LogP contribution in [-0.2, 0) is 20.9 Å². The minimum atomic E-state index is -0.485. The molecule has 8 nitrogen and oxygen atoms in total. The molecule has 0 aromatic heterocycles. The van der Waals surface area contributed by atoms with Gasteiger partial charge < -0.3 is 19.7 Å². The SMILES string of the molecule is Cc1cccc(COc2ccc(/C=C3/SC(=O)N(CC(=O)Nc4ccccc4N4CCOCC4)C3=O)cc2)c1. The number of hydrogen-bond acceptors (Lipinski definition) is 7. The molecule has 0 aliphatic carbocycles. The van der Waals surface area contributed by atoms with Crippen molar-refractivity contribution in [2.45, 2.75) is 13.5 Å². The fourth-order valence-electron chi connectivity index (χ4n) is 4.41. The number of rotatable bonds is 8. The van der Waals surface area contributed by atoms with E-state index in [1.807, 2.05) is 73.7 Å². The molecule has 0 bridgehead atoms. The second kappa shape index (κ2) is 12.2. The molecule has 3 aromatic rings. The highest BCUT2D eigenvalue weighted by Crippen LogP contribution is 2.33. The van der Waals surface area contributed by atoms with Crippen molar-refractivity contribution in [3.63, 3.8) is 0 Å². The lowest BCUT2D eigenvalue weighted by Crippen LogP contribution is -2.38. The van der Waals surface area contributed by atoms with Crippen LogP contribution in [-0.4, -0.2) is 54.8 Å². The van der Waals surface area contributed by atoms with Gasteiger partial charge in [-0.2, -0.15) is 0 Å². The van der Waals surface area contributed by atoms with Gasteiger partial charge in [-0.25, -0.2) is 0 Å². The minimum Gasteiger partial charge on any atom is -0.489 e. The smallest absolute Gasteiger partial charge is 0.294 e. The lowest BCUT2D eigenvalue weighted by Gasteiger charge is -2.30. The van der Waals surface area contributed by atoms with E-state index in [0.29, 0.717) is 31.3 Å². The number of imide groups is 1. The van der Waals surface area contributed by atoms with Crippen molar-refractivity contribution in [1.29, 1.82) is 0 Å². The summed E-state index contributed by atoms with van der Waals surface area (Å²) in [5.74, 6) is -0.216. The van der Waals surface area contributed by atoms with Gasteiger partial charge in [0.15, 0.2) is 0 Å². The fourth-order valence-corrected chi connectivity index (χ4v) is 5.25. The van der Waals surface area contributed by atoms with Gasteiger partial charge in [0.05, 0.1) is 29.5 Å². The van der Waals surface area contributed by atoms with E-state index in [1.165, 1.54) is 5.56 Å². The molecule has 2 aliphatic rings. The van der Waals surface area contributed by atoms with Gasteiger partial charge in [-0.3, -0.25) is 19.3 Å². The number of nitrogens with zero attached hydrogens (tertiary/aromatic N) is 2. The Kier molecular flexibility index (Phi) is 8.29. The Balaban J connectivity index is 1.19. The maximum Gasteiger partial charge on any atom is 0.294 e. The quantitative estimate of drug-likeness (QED) is 0.396. The van der Waals surface area contributed by atoms with Crippen LogP contribution in [0.1, 0.15) is 16.7 Å². The van der Waals surface area contributed by atoms with Crippen molar-refractivity contribution < 1.29 is 23.9 Å². The highest BCUT2D eigenvalue weighted by molar-refractivity contribution is 8.18. The number of amides is 3. The predicted octanol–water partition coefficient (Wildman–Crippen LogP) is 5.09. The summed E-state index contributed by atoms with van der Waals surface area (Å²) in [6, 6.07) is 22.9. The molecule has 2 heterocycles. The first-order valence-electron chi connectivity index (χ1n) is 12.7. The number of anilines is 2. The van der Waals surface area contributed by atoms with Crippen molar-refractivity contribution in [1.82, 2.24) is 4.90 Å². The Morgan fingerprint density at radius 1 is 1.03 bits per heavy atom.